The molecule has 5 rings (SSSR count). The van der Waals surface area contributed by atoms with Gasteiger partial charge in [0.1, 0.15) is 6.61 Å². The van der Waals surface area contributed by atoms with E-state index in [-0.39, 0.29) is 23.9 Å². The molecule has 8 nitrogen and oxygen atoms in total. The first-order chi connectivity index (χ1) is 18.3. The van der Waals surface area contributed by atoms with Crippen LogP contribution in [0.3, 0.4) is 0 Å². The summed E-state index contributed by atoms with van der Waals surface area (Å²) in [6.45, 7) is 2.35. The lowest BCUT2D eigenvalue weighted by atomic mass is 9.71. The van der Waals surface area contributed by atoms with Crippen LogP contribution in [0.5, 0.6) is 11.5 Å². The fourth-order valence-corrected chi connectivity index (χ4v) is 5.99. The molecule has 0 radical (unpaired) electrons. The highest BCUT2D eigenvalue weighted by Gasteiger charge is 2.42. The van der Waals surface area contributed by atoms with Crippen LogP contribution in [0.1, 0.15) is 62.5 Å². The molecule has 2 aromatic rings. The Morgan fingerprint density at radius 2 is 1.58 bits per heavy atom. The minimum absolute atomic E-state index is 0.00105. The summed E-state index contributed by atoms with van der Waals surface area (Å²) in [5.74, 6) is 0.419. The van der Waals surface area contributed by atoms with E-state index in [4.69, 9.17) is 21.1 Å². The first-order valence-electron chi connectivity index (χ1n) is 12.9. The average molecular weight is 537 g/mol. The monoisotopic (exact) mass is 536 g/mol. The SMILES string of the molecule is CCOc1cc(C2C3=C(CCCC3=O)N(C)C3=C2C(=O)CCC3)cc(Cl)c1OCc1ccc([N+](=O)[O-])cc1. The van der Waals surface area contributed by atoms with Crippen molar-refractivity contribution in [1.82, 2.24) is 4.90 Å². The second kappa shape index (κ2) is 10.6. The zero-order valence-electron chi connectivity index (χ0n) is 21.4. The molecule has 198 valence electrons. The number of carbonyl (C=O) groups is 2. The van der Waals surface area contributed by atoms with Crippen molar-refractivity contribution in [3.05, 3.63) is 85.2 Å². The molecule has 0 spiro atoms. The maximum Gasteiger partial charge on any atom is 0.269 e. The number of nitrogens with zero attached hydrogens (tertiary/aromatic N) is 2. The first kappa shape index (κ1) is 26.0. The summed E-state index contributed by atoms with van der Waals surface area (Å²) >= 11 is 6.77. The van der Waals surface area contributed by atoms with Crippen molar-refractivity contribution in [1.29, 1.82) is 0 Å². The van der Waals surface area contributed by atoms with Gasteiger partial charge in [-0.3, -0.25) is 19.7 Å². The van der Waals surface area contributed by atoms with E-state index in [1.807, 2.05) is 20.0 Å². The number of hydrogen-bond acceptors (Lipinski definition) is 7. The van der Waals surface area contributed by atoms with Crippen molar-refractivity contribution >= 4 is 28.9 Å². The van der Waals surface area contributed by atoms with Gasteiger partial charge < -0.3 is 14.4 Å². The Labute approximate surface area is 226 Å². The predicted molar refractivity (Wildman–Crippen MR) is 142 cm³/mol. The molecule has 2 aliphatic carbocycles. The van der Waals surface area contributed by atoms with E-state index in [1.54, 1.807) is 18.2 Å². The van der Waals surface area contributed by atoms with Gasteiger partial charge in [-0.15, -0.1) is 0 Å². The quantitative estimate of drug-likeness (QED) is 0.304. The predicted octanol–water partition coefficient (Wildman–Crippen LogP) is 6.27. The number of ketones is 2. The van der Waals surface area contributed by atoms with E-state index in [0.717, 1.165) is 48.2 Å². The van der Waals surface area contributed by atoms with E-state index in [9.17, 15) is 19.7 Å². The lowest BCUT2D eigenvalue weighted by molar-refractivity contribution is -0.384. The molecule has 0 N–H and O–H groups in total. The number of allylic oxidation sites excluding steroid dienone is 4. The van der Waals surface area contributed by atoms with Crippen LogP contribution in [0.15, 0.2) is 58.9 Å². The number of rotatable bonds is 7. The lowest BCUT2D eigenvalue weighted by Gasteiger charge is -2.42. The van der Waals surface area contributed by atoms with Gasteiger partial charge in [0.2, 0.25) is 0 Å². The van der Waals surface area contributed by atoms with Gasteiger partial charge in [-0.2, -0.15) is 0 Å². The molecular formula is C29H29ClN2O6. The van der Waals surface area contributed by atoms with Crippen LogP contribution in [0.2, 0.25) is 5.02 Å². The van der Waals surface area contributed by atoms with Gasteiger partial charge >= 0.3 is 0 Å². The van der Waals surface area contributed by atoms with Crippen molar-refractivity contribution in [3.63, 3.8) is 0 Å². The second-order valence-electron chi connectivity index (χ2n) is 9.74. The van der Waals surface area contributed by atoms with Crippen LogP contribution >= 0.6 is 11.6 Å². The minimum Gasteiger partial charge on any atom is -0.490 e. The number of ether oxygens (including phenoxy) is 2. The maximum absolute atomic E-state index is 13.3. The third-order valence-corrected chi connectivity index (χ3v) is 7.72. The van der Waals surface area contributed by atoms with Crippen LogP contribution < -0.4 is 9.47 Å². The molecule has 0 amide bonds. The molecule has 1 aliphatic heterocycles. The van der Waals surface area contributed by atoms with Crippen LogP contribution in [-0.2, 0) is 16.2 Å². The second-order valence-corrected chi connectivity index (χ2v) is 10.1. The zero-order chi connectivity index (χ0) is 27.0. The van der Waals surface area contributed by atoms with Crippen LogP contribution in [-0.4, -0.2) is 35.0 Å². The van der Waals surface area contributed by atoms with Gasteiger partial charge in [-0.05, 0) is 68.0 Å². The molecule has 0 saturated heterocycles. The van der Waals surface area contributed by atoms with Gasteiger partial charge in [0.05, 0.1) is 16.6 Å². The molecule has 0 fully saturated rings. The first-order valence-corrected chi connectivity index (χ1v) is 13.3. The highest BCUT2D eigenvalue weighted by atomic mass is 35.5. The number of carbonyl (C=O) groups excluding carboxylic acids is 2. The Hall–Kier alpha value is -3.65. The third kappa shape index (κ3) is 4.69. The van der Waals surface area contributed by atoms with Crippen molar-refractivity contribution < 1.29 is 24.0 Å². The van der Waals surface area contributed by atoms with Gasteiger partial charge in [0, 0.05) is 60.5 Å². The van der Waals surface area contributed by atoms with E-state index in [0.29, 0.717) is 47.1 Å². The number of benzene rings is 2. The molecule has 9 heteroatoms. The van der Waals surface area contributed by atoms with E-state index >= 15 is 0 Å². The Morgan fingerprint density at radius 3 is 2.13 bits per heavy atom. The summed E-state index contributed by atoms with van der Waals surface area (Å²) in [6, 6.07) is 9.70. The Morgan fingerprint density at radius 1 is 0.974 bits per heavy atom. The lowest BCUT2D eigenvalue weighted by Crippen LogP contribution is -2.37. The number of halogens is 1. The van der Waals surface area contributed by atoms with E-state index in [2.05, 4.69) is 4.90 Å². The van der Waals surface area contributed by atoms with Crippen LogP contribution in [0, 0.1) is 10.1 Å². The van der Waals surface area contributed by atoms with E-state index < -0.39 is 10.8 Å². The maximum atomic E-state index is 13.3. The Kier molecular flexibility index (Phi) is 7.25. The number of non-ortho nitro benzene ring substituents is 1. The molecule has 0 aromatic heterocycles. The molecule has 38 heavy (non-hydrogen) atoms. The summed E-state index contributed by atoms with van der Waals surface area (Å²) in [5, 5.41) is 11.2. The largest absolute Gasteiger partial charge is 0.490 e. The minimum atomic E-state index is -0.489. The molecule has 0 atom stereocenters. The van der Waals surface area contributed by atoms with Gasteiger partial charge in [-0.1, -0.05) is 11.6 Å². The summed E-state index contributed by atoms with van der Waals surface area (Å²) in [6.07, 6.45) is 4.10. The molecule has 1 heterocycles. The molecule has 0 saturated carbocycles. The summed E-state index contributed by atoms with van der Waals surface area (Å²) in [7, 11) is 1.96. The standard InChI is InChI=1S/C29H29ClN2O6/c1-3-37-25-15-18(14-20(30)29(25)38-16-17-10-12-19(13-11-17)32(35)36)26-27-21(6-4-8-23(27)33)31(2)22-7-5-9-24(34)28(22)26/h10-15,26H,3-9,16H2,1-2H3. The smallest absolute Gasteiger partial charge is 0.269 e. The molecule has 0 unspecified atom stereocenters. The average Bonchev–Trinajstić information content (AvgIpc) is 2.90. The highest BCUT2D eigenvalue weighted by molar-refractivity contribution is 6.32. The van der Waals surface area contributed by atoms with Crippen molar-refractivity contribution in [2.45, 2.75) is 58.0 Å². The van der Waals surface area contributed by atoms with Gasteiger partial charge in [0.25, 0.3) is 5.69 Å². The fourth-order valence-electron chi connectivity index (χ4n) is 5.71. The molecular weight excluding hydrogens is 508 g/mol. The number of nitro groups is 1. The third-order valence-electron chi connectivity index (χ3n) is 7.44. The van der Waals surface area contributed by atoms with E-state index in [1.165, 1.54) is 12.1 Å². The Bertz CT molecular complexity index is 1330. The van der Waals surface area contributed by atoms with Crippen LogP contribution in [0.4, 0.5) is 5.69 Å². The zero-order valence-corrected chi connectivity index (χ0v) is 22.2. The Balaban J connectivity index is 1.55. The molecule has 3 aliphatic rings. The highest BCUT2D eigenvalue weighted by Crippen LogP contribution is 2.50. The van der Waals surface area contributed by atoms with Crippen molar-refractivity contribution in [3.8, 4) is 11.5 Å². The van der Waals surface area contributed by atoms with Gasteiger partial charge in [0.15, 0.2) is 23.1 Å². The number of nitro benzene ring substituents is 1. The fraction of sp³-hybridized carbons (Fsp3) is 0.379. The summed E-state index contributed by atoms with van der Waals surface area (Å²) in [5.41, 5.74) is 4.83. The van der Waals surface area contributed by atoms with Crippen molar-refractivity contribution in [2.75, 3.05) is 13.7 Å². The summed E-state index contributed by atoms with van der Waals surface area (Å²) in [4.78, 5) is 39.1. The summed E-state index contributed by atoms with van der Waals surface area (Å²) < 4.78 is 12.0. The normalized spacial score (nSPS) is 17.9. The number of hydrogen-bond donors (Lipinski definition) is 0. The molecule has 0 bridgehead atoms. The van der Waals surface area contributed by atoms with Crippen LogP contribution in [0.25, 0.3) is 0 Å². The van der Waals surface area contributed by atoms with Gasteiger partial charge in [-0.25, -0.2) is 0 Å². The van der Waals surface area contributed by atoms with Crippen molar-refractivity contribution in [2.24, 2.45) is 0 Å². The topological polar surface area (TPSA) is 99.0 Å². The number of Topliss-reactive ketones (excluding diaryl/α,β-unsaturated/α-hetero) is 2. The molecule has 2 aromatic carbocycles.